The van der Waals surface area contributed by atoms with E-state index < -0.39 is 37.6 Å². The van der Waals surface area contributed by atoms with Gasteiger partial charge in [0.15, 0.2) is 13.2 Å². The van der Waals surface area contributed by atoms with Gasteiger partial charge in [-0.3, -0.25) is 9.59 Å². The van der Waals surface area contributed by atoms with Gasteiger partial charge in [0.25, 0.3) is 11.8 Å². The first-order valence-electron chi connectivity index (χ1n) is 28.1. The van der Waals surface area contributed by atoms with Gasteiger partial charge in [0, 0.05) is 97.6 Å². The van der Waals surface area contributed by atoms with Crippen molar-refractivity contribution in [1.29, 1.82) is 0 Å². The van der Waals surface area contributed by atoms with Crippen LogP contribution in [0.1, 0.15) is 70.4 Å². The van der Waals surface area contributed by atoms with Gasteiger partial charge in [-0.2, -0.15) is 56.2 Å². The van der Waals surface area contributed by atoms with Crippen LogP contribution in [-0.2, 0) is 13.1 Å². The number of likely N-dealkylation sites (tertiary alicyclic amines) is 1. The SMILES string of the molecule is O=C(c1ccc(Nc2nc(NCc3ccc(OCCCBr)cc3)nc(OCC(F)(F)F)n2)cc1)N1CCC2(CCNC2)C1.O=C1c2ccc(cc2)Nc2nc(nc(OCC(F)(F)F)n2)NCc2ccc(cc2)OCCCN2CCC3(CCN1C3)C2. The van der Waals surface area contributed by atoms with Crippen molar-refractivity contribution < 1.29 is 54.9 Å². The van der Waals surface area contributed by atoms with Crippen molar-refractivity contribution in [2.24, 2.45) is 10.8 Å². The highest BCUT2D eigenvalue weighted by Gasteiger charge is 2.45. The van der Waals surface area contributed by atoms with Crippen LogP contribution in [0.4, 0.5) is 61.5 Å². The van der Waals surface area contributed by atoms with Crippen LogP contribution in [0.3, 0.4) is 0 Å². The van der Waals surface area contributed by atoms with Crippen molar-refractivity contribution in [3.05, 3.63) is 119 Å². The molecule has 8 aliphatic heterocycles. The molecule has 3 atom stereocenters. The van der Waals surface area contributed by atoms with E-state index in [1.54, 1.807) is 48.5 Å². The first-order chi connectivity index (χ1) is 40.9. The molecule has 2 amide bonds. The Morgan fingerprint density at radius 1 is 0.706 bits per heavy atom. The Bertz CT molecular complexity index is 3200. The molecule has 5 N–H and O–H groups in total. The molecule has 6 aromatic rings. The maximum atomic E-state index is 13.3. The molecule has 2 aromatic heterocycles. The van der Waals surface area contributed by atoms with E-state index in [0.29, 0.717) is 48.8 Å². The number of carbonyl (C=O) groups is 2. The minimum Gasteiger partial charge on any atom is -0.494 e. The molecule has 0 aliphatic carbocycles. The number of nitrogens with one attached hydrogen (secondary N) is 5. The van der Waals surface area contributed by atoms with E-state index in [0.717, 1.165) is 125 Å². The van der Waals surface area contributed by atoms with Crippen molar-refractivity contribution in [3.63, 3.8) is 0 Å². The summed E-state index contributed by atoms with van der Waals surface area (Å²) >= 11 is 3.36. The molecule has 4 fully saturated rings. The molecule has 2 spiro atoms. The van der Waals surface area contributed by atoms with E-state index in [1.807, 2.05) is 58.3 Å². The smallest absolute Gasteiger partial charge is 0.422 e. The Kier molecular flexibility index (Phi) is 19.2. The molecule has 0 radical (unpaired) electrons. The lowest BCUT2D eigenvalue weighted by atomic mass is 9.86. The topological polar surface area (TPSA) is 218 Å². The largest absolute Gasteiger partial charge is 0.494 e. The van der Waals surface area contributed by atoms with Gasteiger partial charge in [0.2, 0.25) is 23.8 Å². The highest BCUT2D eigenvalue weighted by Crippen LogP contribution is 2.41. The molecule has 4 aromatic carbocycles. The number of alkyl halides is 7. The Hall–Kier alpha value is -7.78. The van der Waals surface area contributed by atoms with Crippen LogP contribution in [0.5, 0.6) is 23.5 Å². The number of rotatable bonds is 14. The van der Waals surface area contributed by atoms with Gasteiger partial charge in [-0.15, -0.1) is 0 Å². The normalized spacial score (nSPS) is 20.4. The third kappa shape index (κ3) is 17.2. The predicted octanol–water partition coefficient (Wildman–Crippen LogP) is 9.65. The number of amides is 2. The quantitative estimate of drug-likeness (QED) is 0.0389. The maximum Gasteiger partial charge on any atom is 0.422 e. The molecular weight excluding hydrogens is 1180 g/mol. The molecule has 9 bridgehead atoms. The fourth-order valence-corrected chi connectivity index (χ4v) is 11.1. The molecule has 8 aliphatic rings. The van der Waals surface area contributed by atoms with Gasteiger partial charge < -0.3 is 60.2 Å². The molecule has 4 saturated heterocycles. The molecular formula is C58H65BrF6N14O6. The fraction of sp³-hybridized carbons (Fsp3) is 0.448. The molecule has 27 heteroatoms. The molecule has 85 heavy (non-hydrogen) atoms. The third-order valence-corrected chi connectivity index (χ3v) is 15.8. The van der Waals surface area contributed by atoms with Gasteiger partial charge in [0.1, 0.15) is 11.5 Å². The summed E-state index contributed by atoms with van der Waals surface area (Å²) in [6, 6.07) is 27.7. The Morgan fingerprint density at radius 2 is 1.41 bits per heavy atom. The van der Waals surface area contributed by atoms with E-state index in [4.69, 9.17) is 18.9 Å². The number of carbonyl (C=O) groups excluding carboxylic acids is 2. The summed E-state index contributed by atoms with van der Waals surface area (Å²) in [5.74, 6) is 1.51. The van der Waals surface area contributed by atoms with Crippen molar-refractivity contribution in [3.8, 4) is 23.5 Å². The number of aromatic nitrogens is 6. The monoisotopic (exact) mass is 1250 g/mol. The number of hydrogen-bond donors (Lipinski definition) is 5. The van der Waals surface area contributed by atoms with Crippen molar-refractivity contribution in [2.45, 2.75) is 64.0 Å². The van der Waals surface area contributed by atoms with Crippen molar-refractivity contribution in [1.82, 2.24) is 49.9 Å². The molecule has 3 unspecified atom stereocenters. The zero-order chi connectivity index (χ0) is 59.4. The first-order valence-corrected chi connectivity index (χ1v) is 29.2. The van der Waals surface area contributed by atoms with Crippen molar-refractivity contribution in [2.75, 3.05) is 112 Å². The van der Waals surface area contributed by atoms with E-state index in [9.17, 15) is 35.9 Å². The van der Waals surface area contributed by atoms with Crippen LogP contribution in [0.25, 0.3) is 0 Å². The number of hydrogen-bond acceptors (Lipinski definition) is 18. The number of ether oxygens (including phenoxy) is 4. The second-order valence-corrected chi connectivity index (χ2v) is 22.5. The molecule has 452 valence electrons. The highest BCUT2D eigenvalue weighted by atomic mass is 79.9. The molecule has 10 heterocycles. The standard InChI is InChI=1S/C29H33BrF3N7O3.C29H32F3N7O3/c30-12-1-15-42-23-8-2-20(3-9-23)16-35-25-37-26(39-27(38-25)43-19-29(31,32)33)36-22-6-4-21(5-7-22)24(41)40-14-11-28(18-40)10-13-34-17-28;30-29(31,32)19-42-27-36-25-33-16-20-2-8-23(9-3-20)41-15-1-12-38-13-10-28(17-38)11-14-39(18-28)24(40)21-4-6-22(7-5-21)34-26(35-25)37-27/h2-9,34H,1,10-19H2,(H2,35,36,37,38,39);2-9H,1,10-19H2,(H2,33,34,35,36,37). The van der Waals surface area contributed by atoms with Crippen LogP contribution in [0.15, 0.2) is 97.1 Å². The lowest BCUT2D eigenvalue weighted by Gasteiger charge is -2.25. The van der Waals surface area contributed by atoms with Crippen LogP contribution >= 0.6 is 15.9 Å². The highest BCUT2D eigenvalue weighted by molar-refractivity contribution is 9.09. The van der Waals surface area contributed by atoms with Gasteiger partial charge in [-0.1, -0.05) is 40.2 Å². The summed E-state index contributed by atoms with van der Waals surface area (Å²) in [4.78, 5) is 57.3. The van der Waals surface area contributed by atoms with Crippen molar-refractivity contribution >= 4 is 62.9 Å². The summed E-state index contributed by atoms with van der Waals surface area (Å²) in [6.07, 6.45) is -3.17. The minimum atomic E-state index is -4.56. The number of halogens is 7. The van der Waals surface area contributed by atoms with E-state index in [-0.39, 0.29) is 46.4 Å². The maximum absolute atomic E-state index is 13.3. The van der Waals surface area contributed by atoms with E-state index in [1.165, 1.54) is 0 Å². The number of benzene rings is 4. The van der Waals surface area contributed by atoms with Gasteiger partial charge in [-0.25, -0.2) is 0 Å². The summed E-state index contributed by atoms with van der Waals surface area (Å²) in [6.45, 7) is 6.58. The Labute approximate surface area is 495 Å². The van der Waals surface area contributed by atoms with Gasteiger partial charge in [-0.05, 0) is 136 Å². The fourth-order valence-electron chi connectivity index (χ4n) is 10.8. The summed E-state index contributed by atoms with van der Waals surface area (Å²) < 4.78 is 98.1. The zero-order valence-electron chi connectivity index (χ0n) is 46.4. The second-order valence-electron chi connectivity index (χ2n) is 21.7. The third-order valence-electron chi connectivity index (χ3n) is 15.2. The average Bonchev–Trinajstić information content (AvgIpc) is 2.55. The van der Waals surface area contributed by atoms with Crippen LogP contribution in [0, 0.1) is 10.8 Å². The Balaban J connectivity index is 0.000000189. The summed E-state index contributed by atoms with van der Waals surface area (Å²) in [7, 11) is 0. The van der Waals surface area contributed by atoms with Gasteiger partial charge in [0.05, 0.1) is 13.2 Å². The zero-order valence-corrected chi connectivity index (χ0v) is 48.0. The minimum absolute atomic E-state index is 0.00534. The number of nitrogens with zero attached hydrogens (tertiary/aromatic N) is 9. The van der Waals surface area contributed by atoms with Crippen LogP contribution in [0.2, 0.25) is 0 Å². The number of anilines is 6. The first kappa shape index (κ1) is 60.3. The lowest BCUT2D eigenvalue weighted by Crippen LogP contribution is -2.34. The molecule has 14 rings (SSSR count). The van der Waals surface area contributed by atoms with Gasteiger partial charge >= 0.3 is 24.4 Å². The summed E-state index contributed by atoms with van der Waals surface area (Å²) in [5, 5.41) is 16.2. The molecule has 0 saturated carbocycles. The predicted molar refractivity (Wildman–Crippen MR) is 308 cm³/mol. The van der Waals surface area contributed by atoms with Crippen LogP contribution in [-0.4, -0.2) is 159 Å². The van der Waals surface area contributed by atoms with E-state index in [2.05, 4.69) is 77.3 Å². The lowest BCUT2D eigenvalue weighted by molar-refractivity contribution is -0.155. The molecule has 20 nitrogen and oxygen atoms in total. The second kappa shape index (κ2) is 27.1. The van der Waals surface area contributed by atoms with E-state index >= 15 is 0 Å². The Morgan fingerprint density at radius 3 is 2.13 bits per heavy atom. The van der Waals surface area contributed by atoms with Crippen LogP contribution < -0.4 is 45.5 Å². The average molecular weight is 1250 g/mol. The summed E-state index contributed by atoms with van der Waals surface area (Å²) in [5.41, 5.74) is 4.32.